The van der Waals surface area contributed by atoms with Crippen LogP contribution < -0.4 is 5.32 Å². The van der Waals surface area contributed by atoms with Crippen LogP contribution in [0.3, 0.4) is 0 Å². The molecule has 2 aliphatic heterocycles. The second-order valence-electron chi connectivity index (χ2n) is 7.73. The molecule has 0 aliphatic carbocycles. The van der Waals surface area contributed by atoms with Crippen LogP contribution in [0.1, 0.15) is 47.7 Å². The lowest BCUT2D eigenvalue weighted by atomic mass is 9.97. The smallest absolute Gasteiger partial charge is 0.322 e. The maximum Gasteiger partial charge on any atom is 0.330 e. The quantitative estimate of drug-likeness (QED) is 0.668. The summed E-state index contributed by atoms with van der Waals surface area (Å²) in [4.78, 5) is 49.9. The Morgan fingerprint density at radius 2 is 1.91 bits per heavy atom. The number of aryl methyl sites for hydroxylation is 1. The van der Waals surface area contributed by atoms with E-state index in [9.17, 15) is 28.0 Å². The summed E-state index contributed by atoms with van der Waals surface area (Å²) in [6.07, 6.45) is -1.65. The summed E-state index contributed by atoms with van der Waals surface area (Å²) in [6.45, 7) is 0.0931. The Balaban J connectivity index is 1.48. The largest absolute Gasteiger partial charge is 0.330 e. The van der Waals surface area contributed by atoms with E-state index in [1.54, 1.807) is 0 Å². The first-order chi connectivity index (χ1) is 15.6. The fourth-order valence-corrected chi connectivity index (χ4v) is 4.01. The number of imide groups is 1. The predicted octanol–water partition coefficient (Wildman–Crippen LogP) is 3.39. The number of amides is 3. The highest BCUT2D eigenvalue weighted by atomic mass is 35.5. The molecule has 2 atom stereocenters. The van der Waals surface area contributed by atoms with Gasteiger partial charge in [0.1, 0.15) is 6.04 Å². The van der Waals surface area contributed by atoms with Gasteiger partial charge in [0.15, 0.2) is 0 Å². The number of nitrogens with one attached hydrogen (secondary N) is 1. The molecule has 2 unspecified atom stereocenters. The third kappa shape index (κ3) is 4.14. The van der Waals surface area contributed by atoms with Crippen LogP contribution in [0.25, 0.3) is 0 Å². The van der Waals surface area contributed by atoms with Gasteiger partial charge in [0.05, 0.1) is 0 Å². The molecule has 6 nitrogen and oxygen atoms in total. The molecule has 32 heavy (non-hydrogen) atoms. The van der Waals surface area contributed by atoms with Crippen molar-refractivity contribution in [3.05, 3.63) is 69.7 Å². The zero-order valence-electron chi connectivity index (χ0n) is 17.7. The highest BCUT2D eigenvalue weighted by Gasteiger charge is 2.41. The minimum atomic E-state index is -3.76. The summed E-state index contributed by atoms with van der Waals surface area (Å²) in [6, 6.07) is 8.36. The van der Waals surface area contributed by atoms with E-state index in [0.29, 0.717) is 16.7 Å². The van der Waals surface area contributed by atoms with Crippen molar-refractivity contribution in [2.75, 3.05) is 0 Å². The zero-order valence-corrected chi connectivity index (χ0v) is 17.5. The fraction of sp³-hybridized carbons (Fsp3) is 0.304. The van der Waals surface area contributed by atoms with Crippen LogP contribution in [0.2, 0.25) is 5.02 Å². The molecule has 1 fully saturated rings. The average Bonchev–Trinajstić information content (AvgIpc) is 3.09. The molecule has 0 aromatic heterocycles. The molecule has 3 amide bonds. The predicted molar refractivity (Wildman–Crippen MR) is 111 cm³/mol. The summed E-state index contributed by atoms with van der Waals surface area (Å²) < 4.78 is 37.4. The molecule has 2 aliphatic rings. The van der Waals surface area contributed by atoms with Gasteiger partial charge in [0, 0.05) is 36.9 Å². The van der Waals surface area contributed by atoms with Gasteiger partial charge in [-0.05, 0) is 42.1 Å². The van der Waals surface area contributed by atoms with E-state index in [1.807, 2.05) is 0 Å². The van der Waals surface area contributed by atoms with Crippen molar-refractivity contribution in [1.29, 1.82) is 0 Å². The van der Waals surface area contributed by atoms with Crippen molar-refractivity contribution < 1.29 is 29.3 Å². The number of Topliss-reactive ketones (excluding diaryl/α,β-unsaturated/α-hetero) is 1. The second kappa shape index (κ2) is 8.43. The number of fused-ring (bicyclic) bond motifs is 1. The summed E-state index contributed by atoms with van der Waals surface area (Å²) in [5.41, 5.74) is 0.695. The lowest BCUT2D eigenvalue weighted by Crippen LogP contribution is -2.52. The molecular formula is C23H19ClF2N2O4. The van der Waals surface area contributed by atoms with Crippen molar-refractivity contribution in [3.8, 4) is 0 Å². The molecule has 166 valence electrons. The number of alkyl halides is 2. The van der Waals surface area contributed by atoms with E-state index in [1.165, 1.54) is 35.2 Å². The van der Waals surface area contributed by atoms with Crippen LogP contribution in [0.5, 0.6) is 0 Å². The molecule has 2 aromatic rings. The van der Waals surface area contributed by atoms with Gasteiger partial charge in [-0.1, -0.05) is 35.9 Å². The number of benzene rings is 2. The molecule has 4 rings (SSSR count). The monoisotopic (exact) mass is 461 g/mol. The molecule has 1 saturated heterocycles. The Morgan fingerprint density at radius 3 is 2.59 bits per heavy atom. The molecule has 2 aromatic carbocycles. The lowest BCUT2D eigenvalue weighted by molar-refractivity contribution is -0.144. The van der Waals surface area contributed by atoms with E-state index >= 15 is 0 Å². The zero-order chi connectivity index (χ0) is 23.9. The van der Waals surface area contributed by atoms with Gasteiger partial charge in [0.25, 0.3) is 5.91 Å². The Bertz CT molecular complexity index is 1160. The minimum Gasteiger partial charge on any atom is -0.322 e. The van der Waals surface area contributed by atoms with Crippen LogP contribution in [0.4, 0.5) is 8.78 Å². The first-order valence-corrected chi connectivity index (χ1v) is 10.3. The molecule has 9 heteroatoms. The van der Waals surface area contributed by atoms with Gasteiger partial charge in [0.2, 0.25) is 17.6 Å². The van der Waals surface area contributed by atoms with Crippen LogP contribution in [-0.4, -0.2) is 34.4 Å². The summed E-state index contributed by atoms with van der Waals surface area (Å²) in [5.74, 6) is -6.47. The third-order valence-corrected chi connectivity index (χ3v) is 5.88. The van der Waals surface area contributed by atoms with Crippen molar-refractivity contribution >= 4 is 35.1 Å². The van der Waals surface area contributed by atoms with Crippen molar-refractivity contribution in [1.82, 2.24) is 10.2 Å². The summed E-state index contributed by atoms with van der Waals surface area (Å²) in [7, 11) is 0. The van der Waals surface area contributed by atoms with Gasteiger partial charge in [-0.2, -0.15) is 8.78 Å². The van der Waals surface area contributed by atoms with Crippen molar-refractivity contribution in [2.45, 2.75) is 44.2 Å². The Morgan fingerprint density at radius 1 is 1.19 bits per heavy atom. The fourth-order valence-electron chi connectivity index (χ4n) is 3.88. The van der Waals surface area contributed by atoms with Gasteiger partial charge in [-0.25, -0.2) is 0 Å². The number of carbonyl (C=O) groups is 4. The molecule has 0 bridgehead atoms. The van der Waals surface area contributed by atoms with Crippen LogP contribution in [0, 0.1) is 0 Å². The number of carbonyl (C=O) groups excluding carboxylic acids is 4. The maximum absolute atomic E-state index is 14.6. The van der Waals surface area contributed by atoms with E-state index < -0.39 is 42.0 Å². The topological polar surface area (TPSA) is 83.6 Å². The van der Waals surface area contributed by atoms with Crippen LogP contribution >= 0.6 is 11.6 Å². The van der Waals surface area contributed by atoms with Gasteiger partial charge in [-0.15, -0.1) is 0 Å². The third-order valence-electron chi connectivity index (χ3n) is 5.63. The van der Waals surface area contributed by atoms with E-state index in [-0.39, 0.29) is 36.2 Å². The minimum absolute atomic E-state index is 0.0931. The summed E-state index contributed by atoms with van der Waals surface area (Å²) in [5, 5.41) is 2.48. The molecule has 2 heterocycles. The Labute approximate surface area is 188 Å². The number of hydrogen-bond donors (Lipinski definition) is 1. The number of ketones is 1. The molecular weight excluding hydrogens is 442 g/mol. The van der Waals surface area contributed by atoms with E-state index in [2.05, 4.69) is 5.32 Å². The lowest BCUT2D eigenvalue weighted by Gasteiger charge is -2.29. The Kier molecular flexibility index (Phi) is 5.46. The highest BCUT2D eigenvalue weighted by Crippen LogP contribution is 2.32. The first-order valence-electron chi connectivity index (χ1n) is 10.5. The standard InChI is InChI=1S/C23H19ClF2N2O4/c24-16-5-3-15(4-6-16)23(25,26)19(29)9-2-13-1-7-17-14(11-13)12-28(22(17)32)18-8-10-20(30)27-21(18)31/h1,3-7,11,18H,2,8-10,12H2,(H,27,30,31)/i2D. The number of hydrogen-bond acceptors (Lipinski definition) is 4. The van der Waals surface area contributed by atoms with Gasteiger partial charge < -0.3 is 4.90 Å². The summed E-state index contributed by atoms with van der Waals surface area (Å²) >= 11 is 5.71. The van der Waals surface area contributed by atoms with Crippen molar-refractivity contribution in [2.24, 2.45) is 0 Å². The number of rotatable bonds is 6. The molecule has 0 spiro atoms. The van der Waals surface area contributed by atoms with E-state index in [0.717, 1.165) is 12.1 Å². The second-order valence-corrected chi connectivity index (χ2v) is 8.17. The van der Waals surface area contributed by atoms with Gasteiger partial charge in [-0.3, -0.25) is 24.5 Å². The van der Waals surface area contributed by atoms with Crippen molar-refractivity contribution in [3.63, 3.8) is 0 Å². The van der Waals surface area contributed by atoms with Crippen LogP contribution in [-0.2, 0) is 33.2 Å². The molecule has 0 radical (unpaired) electrons. The van der Waals surface area contributed by atoms with E-state index in [4.69, 9.17) is 13.0 Å². The Hall–Kier alpha value is -3.13. The first kappa shape index (κ1) is 20.8. The van der Waals surface area contributed by atoms with Crippen LogP contribution in [0.15, 0.2) is 42.5 Å². The maximum atomic E-state index is 14.6. The molecule has 0 saturated carbocycles. The molecule has 1 N–H and O–H groups in total. The number of halogens is 3. The average molecular weight is 462 g/mol. The normalized spacial score (nSPS) is 20.0. The SMILES string of the molecule is [2H]C(CC(=O)C(F)(F)c1ccc(Cl)cc1)c1ccc2c(c1)CN(C1CCC(=O)NC1=O)C2=O. The number of nitrogens with zero attached hydrogens (tertiary/aromatic N) is 1. The number of piperidine rings is 1. The highest BCUT2D eigenvalue weighted by molar-refractivity contribution is 6.30. The van der Waals surface area contributed by atoms with Gasteiger partial charge >= 0.3 is 5.92 Å².